The van der Waals surface area contributed by atoms with Crippen molar-refractivity contribution in [2.24, 2.45) is 0 Å². The lowest BCUT2D eigenvalue weighted by Crippen LogP contribution is -2.11. The number of benzene rings is 2. The van der Waals surface area contributed by atoms with E-state index in [0.717, 1.165) is 5.69 Å². The van der Waals surface area contributed by atoms with E-state index in [2.05, 4.69) is 21.2 Å². The summed E-state index contributed by atoms with van der Waals surface area (Å²) < 4.78 is 19.1. The van der Waals surface area contributed by atoms with E-state index >= 15 is 0 Å². The molecule has 0 radical (unpaired) electrons. The zero-order valence-electron chi connectivity index (χ0n) is 11.0. The first-order valence-corrected chi connectivity index (χ1v) is 7.00. The summed E-state index contributed by atoms with van der Waals surface area (Å²) >= 11 is 3.27. The number of aromatic carboxylic acids is 1. The molecule has 2 aromatic rings. The zero-order chi connectivity index (χ0) is 15.2. The quantitative estimate of drug-likeness (QED) is 0.776. The lowest BCUT2D eigenvalue weighted by atomic mass is 10.2. The smallest absolute Gasteiger partial charge is 0.335 e. The third-order valence-corrected chi connectivity index (χ3v) is 3.37. The average Bonchev–Trinajstić information content (AvgIpc) is 2.46. The van der Waals surface area contributed by atoms with Gasteiger partial charge in [-0.25, -0.2) is 9.18 Å². The van der Waals surface area contributed by atoms with Crippen LogP contribution in [0.3, 0.4) is 0 Å². The maximum atomic E-state index is 12.9. The molecule has 0 fully saturated rings. The molecule has 0 spiro atoms. The molecule has 4 nitrogen and oxygen atoms in total. The maximum Gasteiger partial charge on any atom is 0.335 e. The summed E-state index contributed by atoms with van der Waals surface area (Å²) in [5.74, 6) is -0.674. The van der Waals surface area contributed by atoms with E-state index < -0.39 is 5.97 Å². The van der Waals surface area contributed by atoms with E-state index in [1.807, 2.05) is 0 Å². The minimum absolute atomic E-state index is 0.218. The van der Waals surface area contributed by atoms with Crippen LogP contribution < -0.4 is 10.1 Å². The number of carbonyl (C=O) groups is 1. The number of rotatable bonds is 6. The summed E-state index contributed by atoms with van der Waals surface area (Å²) in [6, 6.07) is 10.6. The number of hydrogen-bond acceptors (Lipinski definition) is 3. The molecular weight excluding hydrogens is 341 g/mol. The van der Waals surface area contributed by atoms with Crippen LogP contribution in [0.1, 0.15) is 10.4 Å². The zero-order valence-corrected chi connectivity index (χ0v) is 12.6. The molecule has 2 aromatic carbocycles. The predicted octanol–water partition coefficient (Wildman–Crippen LogP) is 3.78. The first-order valence-electron chi connectivity index (χ1n) is 6.21. The number of hydrogen-bond donors (Lipinski definition) is 2. The van der Waals surface area contributed by atoms with Crippen molar-refractivity contribution in [3.8, 4) is 5.75 Å². The molecule has 0 bridgehead atoms. The van der Waals surface area contributed by atoms with Gasteiger partial charge in [-0.1, -0.05) is 0 Å². The molecule has 0 unspecified atom stereocenters. The van der Waals surface area contributed by atoms with Crippen LogP contribution >= 0.6 is 15.9 Å². The van der Waals surface area contributed by atoms with Gasteiger partial charge >= 0.3 is 5.97 Å². The largest absolute Gasteiger partial charge is 0.492 e. The molecule has 0 aliphatic heterocycles. The predicted molar refractivity (Wildman–Crippen MR) is 81.5 cm³/mol. The number of carboxylic acids is 1. The van der Waals surface area contributed by atoms with Crippen molar-refractivity contribution in [2.45, 2.75) is 0 Å². The van der Waals surface area contributed by atoms with Crippen LogP contribution in [0.25, 0.3) is 0 Å². The van der Waals surface area contributed by atoms with Crippen LogP contribution in [0, 0.1) is 5.82 Å². The lowest BCUT2D eigenvalue weighted by Gasteiger charge is -2.10. The van der Waals surface area contributed by atoms with Gasteiger partial charge in [0.25, 0.3) is 0 Å². The fourth-order valence-electron chi connectivity index (χ4n) is 1.68. The topological polar surface area (TPSA) is 58.6 Å². The van der Waals surface area contributed by atoms with Crippen LogP contribution in [-0.2, 0) is 0 Å². The highest BCUT2D eigenvalue weighted by molar-refractivity contribution is 9.10. The molecule has 0 saturated heterocycles. The molecule has 0 saturated carbocycles. The van der Waals surface area contributed by atoms with Gasteiger partial charge < -0.3 is 15.2 Å². The Morgan fingerprint density at radius 1 is 1.24 bits per heavy atom. The number of halogens is 2. The van der Waals surface area contributed by atoms with E-state index in [0.29, 0.717) is 23.4 Å². The van der Waals surface area contributed by atoms with E-state index in [-0.39, 0.29) is 11.4 Å². The fraction of sp³-hybridized carbons (Fsp3) is 0.133. The Bertz CT molecular complexity index is 631. The Labute approximate surface area is 129 Å². The first-order chi connectivity index (χ1) is 10.1. The van der Waals surface area contributed by atoms with Gasteiger partial charge in [0, 0.05) is 16.7 Å². The van der Waals surface area contributed by atoms with Crippen molar-refractivity contribution in [1.82, 2.24) is 0 Å². The Morgan fingerprint density at radius 3 is 2.57 bits per heavy atom. The molecule has 2 N–H and O–H groups in total. The van der Waals surface area contributed by atoms with Gasteiger partial charge in [-0.2, -0.15) is 0 Å². The Morgan fingerprint density at radius 2 is 1.95 bits per heavy atom. The van der Waals surface area contributed by atoms with Crippen LogP contribution in [0.15, 0.2) is 46.9 Å². The SMILES string of the molecule is O=C(O)c1ccc(OCCNc2ccc(F)cc2Br)cc1. The molecule has 0 aliphatic rings. The molecule has 21 heavy (non-hydrogen) atoms. The van der Waals surface area contributed by atoms with Crippen molar-refractivity contribution < 1.29 is 19.0 Å². The molecule has 0 amide bonds. The van der Waals surface area contributed by atoms with Gasteiger partial charge in [-0.3, -0.25) is 0 Å². The second-order valence-electron chi connectivity index (χ2n) is 4.23. The normalized spacial score (nSPS) is 10.2. The van der Waals surface area contributed by atoms with Gasteiger partial charge in [0.05, 0.1) is 5.56 Å². The van der Waals surface area contributed by atoms with E-state index in [1.54, 1.807) is 18.2 Å². The standard InChI is InChI=1S/C15H13BrFNO3/c16-13-9-11(17)3-6-14(13)18-7-8-21-12-4-1-10(2-5-12)15(19)20/h1-6,9,18H,7-8H2,(H,19,20). The summed E-state index contributed by atoms with van der Waals surface area (Å²) in [5, 5.41) is 11.9. The van der Waals surface area contributed by atoms with Gasteiger partial charge in [-0.05, 0) is 58.4 Å². The van der Waals surface area contributed by atoms with Gasteiger partial charge in [0.15, 0.2) is 0 Å². The molecule has 2 rings (SSSR count). The monoisotopic (exact) mass is 353 g/mol. The van der Waals surface area contributed by atoms with Gasteiger partial charge in [0.2, 0.25) is 0 Å². The second-order valence-corrected chi connectivity index (χ2v) is 5.08. The third kappa shape index (κ3) is 4.46. The maximum absolute atomic E-state index is 12.9. The Balaban J connectivity index is 1.80. The third-order valence-electron chi connectivity index (χ3n) is 2.72. The lowest BCUT2D eigenvalue weighted by molar-refractivity contribution is 0.0697. The summed E-state index contributed by atoms with van der Waals surface area (Å²) in [4.78, 5) is 10.7. The molecule has 0 heterocycles. The molecule has 110 valence electrons. The Hall–Kier alpha value is -2.08. The molecule has 0 aliphatic carbocycles. The van der Waals surface area contributed by atoms with Crippen LogP contribution in [0.4, 0.5) is 10.1 Å². The van der Waals surface area contributed by atoms with Crippen molar-refractivity contribution in [3.63, 3.8) is 0 Å². The number of ether oxygens (including phenoxy) is 1. The fourth-order valence-corrected chi connectivity index (χ4v) is 2.17. The number of nitrogens with one attached hydrogen (secondary N) is 1. The highest BCUT2D eigenvalue weighted by Gasteiger charge is 2.03. The van der Waals surface area contributed by atoms with E-state index in [4.69, 9.17) is 9.84 Å². The van der Waals surface area contributed by atoms with Crippen LogP contribution in [0.5, 0.6) is 5.75 Å². The van der Waals surface area contributed by atoms with Crippen molar-refractivity contribution >= 4 is 27.6 Å². The molecule has 0 aromatic heterocycles. The van der Waals surface area contributed by atoms with Crippen molar-refractivity contribution in [1.29, 1.82) is 0 Å². The number of carboxylic acid groups (broad SMARTS) is 1. The summed E-state index contributed by atoms with van der Waals surface area (Å²) in [5.41, 5.74) is 0.997. The summed E-state index contributed by atoms with van der Waals surface area (Å²) in [6.45, 7) is 0.932. The molecule has 6 heteroatoms. The van der Waals surface area contributed by atoms with Crippen LogP contribution in [0.2, 0.25) is 0 Å². The van der Waals surface area contributed by atoms with Crippen LogP contribution in [-0.4, -0.2) is 24.2 Å². The van der Waals surface area contributed by atoms with Gasteiger partial charge in [-0.15, -0.1) is 0 Å². The minimum Gasteiger partial charge on any atom is -0.492 e. The van der Waals surface area contributed by atoms with Crippen molar-refractivity contribution in [2.75, 3.05) is 18.5 Å². The van der Waals surface area contributed by atoms with E-state index in [1.165, 1.54) is 24.3 Å². The van der Waals surface area contributed by atoms with Gasteiger partial charge in [0.1, 0.15) is 18.2 Å². The summed E-state index contributed by atoms with van der Waals surface area (Å²) in [6.07, 6.45) is 0. The number of anilines is 1. The van der Waals surface area contributed by atoms with Crippen molar-refractivity contribution in [3.05, 3.63) is 58.3 Å². The first kappa shape index (κ1) is 15.3. The second kappa shape index (κ2) is 7.08. The Kier molecular flexibility index (Phi) is 5.16. The molecule has 0 atom stereocenters. The highest BCUT2D eigenvalue weighted by Crippen LogP contribution is 2.22. The molecular formula is C15H13BrFNO3. The highest BCUT2D eigenvalue weighted by atomic mass is 79.9. The summed E-state index contributed by atoms with van der Waals surface area (Å²) in [7, 11) is 0. The minimum atomic E-state index is -0.968. The average molecular weight is 354 g/mol. The van der Waals surface area contributed by atoms with E-state index in [9.17, 15) is 9.18 Å².